The van der Waals surface area contributed by atoms with Crippen LogP contribution >= 0.6 is 11.3 Å². The van der Waals surface area contributed by atoms with Crippen LogP contribution in [0.2, 0.25) is 0 Å². The number of carbonyl (C=O) groups is 1. The molecule has 1 atom stereocenters. The van der Waals surface area contributed by atoms with E-state index in [1.165, 1.54) is 11.3 Å². The molecule has 0 bridgehead atoms. The van der Waals surface area contributed by atoms with Crippen molar-refractivity contribution in [3.63, 3.8) is 0 Å². The van der Waals surface area contributed by atoms with E-state index in [-0.39, 0.29) is 0 Å². The first-order valence-electron chi connectivity index (χ1n) is 4.56. The summed E-state index contributed by atoms with van der Waals surface area (Å²) >= 11 is 1.32. The van der Waals surface area contributed by atoms with Crippen LogP contribution < -0.4 is 0 Å². The molecule has 2 rings (SSSR count). The van der Waals surface area contributed by atoms with E-state index in [2.05, 4.69) is 0 Å². The van der Waals surface area contributed by atoms with Gasteiger partial charge in [0.15, 0.2) is 6.29 Å². The Morgan fingerprint density at radius 2 is 2.27 bits per heavy atom. The van der Waals surface area contributed by atoms with Crippen molar-refractivity contribution in [3.8, 4) is 0 Å². The Morgan fingerprint density at radius 1 is 1.47 bits per heavy atom. The van der Waals surface area contributed by atoms with Crippen LogP contribution in [0.1, 0.15) is 26.3 Å². The van der Waals surface area contributed by atoms with Gasteiger partial charge >= 0.3 is 0 Å². The lowest BCUT2D eigenvalue weighted by Gasteiger charge is -2.09. The van der Waals surface area contributed by atoms with Gasteiger partial charge in [0.25, 0.3) is 0 Å². The molecule has 2 aromatic heterocycles. The number of aryl methyl sites for hydroxylation is 1. The lowest BCUT2D eigenvalue weighted by atomic mass is 10.2. The number of aromatic nitrogens is 1. The second-order valence-corrected chi connectivity index (χ2v) is 4.45. The zero-order chi connectivity index (χ0) is 10.8. The average molecular weight is 221 g/mol. The Hall–Kier alpha value is -1.39. The molecule has 1 unspecified atom stereocenters. The maximum absolute atomic E-state index is 10.5. The van der Waals surface area contributed by atoms with E-state index < -0.39 is 6.10 Å². The molecule has 0 radical (unpaired) electrons. The SMILES string of the molecule is Cn1cccc1C(O)c1ccc(C=O)s1. The zero-order valence-electron chi connectivity index (χ0n) is 8.25. The third-order valence-corrected chi connectivity index (χ3v) is 3.36. The van der Waals surface area contributed by atoms with Crippen molar-refractivity contribution in [1.82, 2.24) is 4.57 Å². The molecular formula is C11H11NO2S. The largest absolute Gasteiger partial charge is 0.381 e. The van der Waals surface area contributed by atoms with Crippen LogP contribution in [0.4, 0.5) is 0 Å². The first-order valence-corrected chi connectivity index (χ1v) is 5.38. The molecule has 4 heteroatoms. The van der Waals surface area contributed by atoms with E-state index >= 15 is 0 Å². The van der Waals surface area contributed by atoms with Crippen LogP contribution in [0.3, 0.4) is 0 Å². The molecule has 3 nitrogen and oxygen atoms in total. The molecule has 0 aromatic carbocycles. The van der Waals surface area contributed by atoms with Crippen molar-refractivity contribution in [2.24, 2.45) is 7.05 Å². The summed E-state index contributed by atoms with van der Waals surface area (Å²) in [5, 5.41) is 10.0. The summed E-state index contributed by atoms with van der Waals surface area (Å²) in [5.74, 6) is 0. The van der Waals surface area contributed by atoms with Crippen LogP contribution in [-0.2, 0) is 7.05 Å². The van der Waals surface area contributed by atoms with Gasteiger partial charge in [0.05, 0.1) is 10.6 Å². The van der Waals surface area contributed by atoms with Crippen molar-refractivity contribution < 1.29 is 9.90 Å². The van der Waals surface area contributed by atoms with Crippen molar-refractivity contribution in [3.05, 3.63) is 45.9 Å². The molecule has 2 aromatic rings. The number of carbonyl (C=O) groups excluding carboxylic acids is 1. The van der Waals surface area contributed by atoms with Crippen molar-refractivity contribution in [2.75, 3.05) is 0 Å². The van der Waals surface area contributed by atoms with Gasteiger partial charge in [0, 0.05) is 18.1 Å². The molecule has 0 aliphatic carbocycles. The number of hydrogen-bond acceptors (Lipinski definition) is 3. The molecule has 0 aliphatic rings. The number of nitrogens with zero attached hydrogens (tertiary/aromatic N) is 1. The summed E-state index contributed by atoms with van der Waals surface area (Å²) in [6, 6.07) is 7.25. The molecule has 78 valence electrons. The Labute approximate surface area is 91.6 Å². The van der Waals surface area contributed by atoms with Gasteiger partial charge in [-0.15, -0.1) is 11.3 Å². The topological polar surface area (TPSA) is 42.2 Å². The Kier molecular flexibility index (Phi) is 2.70. The summed E-state index contributed by atoms with van der Waals surface area (Å²) in [7, 11) is 1.88. The molecule has 0 amide bonds. The minimum Gasteiger partial charge on any atom is -0.381 e. The van der Waals surface area contributed by atoms with Gasteiger partial charge < -0.3 is 9.67 Å². The maximum Gasteiger partial charge on any atom is 0.160 e. The fourth-order valence-electron chi connectivity index (χ4n) is 1.48. The van der Waals surface area contributed by atoms with Crippen LogP contribution in [0.5, 0.6) is 0 Å². The summed E-state index contributed by atoms with van der Waals surface area (Å²) < 4.78 is 1.87. The monoisotopic (exact) mass is 221 g/mol. The summed E-state index contributed by atoms with van der Waals surface area (Å²) in [5.41, 5.74) is 0.828. The molecule has 0 saturated heterocycles. The Morgan fingerprint density at radius 3 is 2.80 bits per heavy atom. The first kappa shape index (κ1) is 10.1. The number of thiophene rings is 1. The molecule has 15 heavy (non-hydrogen) atoms. The Bertz CT molecular complexity index is 472. The molecule has 0 aliphatic heterocycles. The predicted octanol–water partition coefficient (Wildman–Crippen LogP) is 1.98. The third-order valence-electron chi connectivity index (χ3n) is 2.30. The zero-order valence-corrected chi connectivity index (χ0v) is 9.07. The minimum absolute atomic E-state index is 0.637. The first-order chi connectivity index (χ1) is 7.22. The number of aliphatic hydroxyl groups excluding tert-OH is 1. The molecule has 1 N–H and O–H groups in total. The second kappa shape index (κ2) is 4.00. The molecule has 2 heterocycles. The van der Waals surface area contributed by atoms with Gasteiger partial charge in [-0.25, -0.2) is 0 Å². The van der Waals surface area contributed by atoms with Gasteiger partial charge in [0.1, 0.15) is 6.10 Å². The van der Waals surface area contributed by atoms with E-state index in [1.54, 1.807) is 12.1 Å². The Balaban J connectivity index is 2.31. The highest BCUT2D eigenvalue weighted by Crippen LogP contribution is 2.27. The van der Waals surface area contributed by atoms with E-state index in [1.807, 2.05) is 29.9 Å². The lowest BCUT2D eigenvalue weighted by molar-refractivity contribution is 0.112. The van der Waals surface area contributed by atoms with Crippen molar-refractivity contribution >= 4 is 17.6 Å². The number of rotatable bonds is 3. The molecule has 0 saturated carbocycles. The fraction of sp³-hybridized carbons (Fsp3) is 0.182. The van der Waals surface area contributed by atoms with Gasteiger partial charge in [-0.3, -0.25) is 4.79 Å². The van der Waals surface area contributed by atoms with Crippen molar-refractivity contribution in [1.29, 1.82) is 0 Å². The minimum atomic E-state index is -0.649. The second-order valence-electron chi connectivity index (χ2n) is 3.30. The van der Waals surface area contributed by atoms with Crippen molar-refractivity contribution in [2.45, 2.75) is 6.10 Å². The summed E-state index contributed by atoms with van der Waals surface area (Å²) in [6.07, 6.45) is 2.03. The lowest BCUT2D eigenvalue weighted by Crippen LogP contribution is -2.02. The van der Waals surface area contributed by atoms with Crippen LogP contribution in [0, 0.1) is 0 Å². The third kappa shape index (κ3) is 1.86. The maximum atomic E-state index is 10.5. The summed E-state index contributed by atoms with van der Waals surface area (Å²) in [6.45, 7) is 0. The van der Waals surface area contributed by atoms with Crippen LogP contribution in [-0.4, -0.2) is 16.0 Å². The van der Waals surface area contributed by atoms with Gasteiger partial charge in [-0.1, -0.05) is 0 Å². The highest BCUT2D eigenvalue weighted by Gasteiger charge is 2.14. The number of aliphatic hydroxyl groups is 1. The smallest absolute Gasteiger partial charge is 0.160 e. The highest BCUT2D eigenvalue weighted by atomic mass is 32.1. The quantitative estimate of drug-likeness (QED) is 0.805. The number of aldehydes is 1. The average Bonchev–Trinajstić information content (AvgIpc) is 2.84. The number of hydrogen-bond donors (Lipinski definition) is 1. The van der Waals surface area contributed by atoms with E-state index in [0.717, 1.165) is 16.9 Å². The van der Waals surface area contributed by atoms with E-state index in [4.69, 9.17) is 0 Å². The molecule has 0 fully saturated rings. The van der Waals surface area contributed by atoms with Gasteiger partial charge in [-0.05, 0) is 24.3 Å². The summed E-state index contributed by atoms with van der Waals surface area (Å²) in [4.78, 5) is 11.9. The normalized spacial score (nSPS) is 12.7. The standard InChI is InChI=1S/C11H11NO2S/c1-12-6-2-3-9(12)11(14)10-5-4-8(7-13)15-10/h2-7,11,14H,1H3. The molecule has 0 spiro atoms. The van der Waals surface area contributed by atoms with Crippen LogP contribution in [0.25, 0.3) is 0 Å². The predicted molar refractivity (Wildman–Crippen MR) is 59.2 cm³/mol. The van der Waals surface area contributed by atoms with Gasteiger partial charge in [0.2, 0.25) is 0 Å². The highest BCUT2D eigenvalue weighted by molar-refractivity contribution is 7.13. The van der Waals surface area contributed by atoms with Crippen LogP contribution in [0.15, 0.2) is 30.5 Å². The molecular weight excluding hydrogens is 210 g/mol. The van der Waals surface area contributed by atoms with E-state index in [0.29, 0.717) is 4.88 Å². The fourth-order valence-corrected chi connectivity index (χ4v) is 2.31. The van der Waals surface area contributed by atoms with Gasteiger partial charge in [-0.2, -0.15) is 0 Å². The van der Waals surface area contributed by atoms with E-state index in [9.17, 15) is 9.90 Å².